The first-order valence-corrected chi connectivity index (χ1v) is 15.6. The Bertz CT molecular complexity index is 753. The van der Waals surface area contributed by atoms with Crippen molar-refractivity contribution < 1.29 is 0 Å². The zero-order valence-corrected chi connectivity index (χ0v) is 24.3. The van der Waals surface area contributed by atoms with Gasteiger partial charge in [0.25, 0.3) is 0 Å². The summed E-state index contributed by atoms with van der Waals surface area (Å²) in [7, 11) is 0. The van der Waals surface area contributed by atoms with Crippen molar-refractivity contribution in [3.63, 3.8) is 0 Å². The zero-order chi connectivity index (χ0) is 23.5. The fraction of sp³-hybridized carbons (Fsp3) is 0.677. The third kappa shape index (κ3) is 7.33. The number of hydrogen-bond donors (Lipinski definition) is 0. The van der Waals surface area contributed by atoms with E-state index in [1.54, 1.807) is 11.1 Å². The third-order valence-electron chi connectivity index (χ3n) is 8.12. The molecule has 0 nitrogen and oxygen atoms in total. The lowest BCUT2D eigenvalue weighted by atomic mass is 9.64. The van der Waals surface area contributed by atoms with Crippen molar-refractivity contribution in [1.29, 1.82) is 0 Å². The van der Waals surface area contributed by atoms with Crippen LogP contribution in [0.2, 0.25) is 0 Å². The van der Waals surface area contributed by atoms with E-state index < -0.39 is 0 Å². The van der Waals surface area contributed by atoms with E-state index in [-0.39, 0.29) is 5.41 Å². The van der Waals surface area contributed by atoms with Crippen LogP contribution in [-0.4, -0.2) is 4.83 Å². The molecule has 0 saturated heterocycles. The van der Waals surface area contributed by atoms with E-state index in [1.165, 1.54) is 101 Å². The molecule has 0 spiro atoms. The van der Waals surface area contributed by atoms with E-state index in [1.807, 2.05) is 0 Å². The number of rotatable bonds is 15. The van der Waals surface area contributed by atoms with Crippen LogP contribution in [0.1, 0.15) is 110 Å². The molecular weight excluding hydrogens is 532 g/mol. The van der Waals surface area contributed by atoms with E-state index in [2.05, 4.69) is 88.2 Å². The molecule has 0 fully saturated rings. The Kier molecular flexibility index (Phi) is 11.8. The van der Waals surface area contributed by atoms with Gasteiger partial charge >= 0.3 is 0 Å². The lowest BCUT2D eigenvalue weighted by Crippen LogP contribution is -2.31. The van der Waals surface area contributed by atoms with Crippen LogP contribution in [0.3, 0.4) is 0 Å². The normalized spacial score (nSPS) is 28.5. The van der Waals surface area contributed by atoms with Crippen molar-refractivity contribution in [3.8, 4) is 0 Å². The van der Waals surface area contributed by atoms with Gasteiger partial charge in [0, 0.05) is 20.6 Å². The van der Waals surface area contributed by atoms with Gasteiger partial charge in [0.05, 0.1) is 0 Å². The van der Waals surface area contributed by atoms with Crippen molar-refractivity contribution in [3.05, 3.63) is 58.2 Å². The molecule has 0 bridgehead atoms. The Morgan fingerprint density at radius 3 is 2.33 bits per heavy atom. The first-order valence-electron chi connectivity index (χ1n) is 13.9. The highest BCUT2D eigenvalue weighted by atomic mass is 79.9. The van der Waals surface area contributed by atoms with Crippen molar-refractivity contribution >= 4 is 31.9 Å². The molecule has 2 heteroatoms. The summed E-state index contributed by atoms with van der Waals surface area (Å²) in [5.74, 6) is 1.15. The summed E-state index contributed by atoms with van der Waals surface area (Å²) in [6, 6.07) is 0. The van der Waals surface area contributed by atoms with Crippen molar-refractivity contribution in [2.24, 2.45) is 17.3 Å². The second-order valence-electron chi connectivity index (χ2n) is 10.5. The summed E-state index contributed by atoms with van der Waals surface area (Å²) in [6.07, 6.45) is 37.3. The van der Waals surface area contributed by atoms with E-state index in [0.29, 0.717) is 16.7 Å². The highest BCUT2D eigenvalue weighted by Crippen LogP contribution is 2.61. The molecule has 0 amide bonds. The Morgan fingerprint density at radius 2 is 1.58 bits per heavy atom. The molecule has 0 N–H and O–H groups in total. The molecule has 0 radical (unpaired) electrons. The fourth-order valence-corrected chi connectivity index (χ4v) is 7.23. The fourth-order valence-electron chi connectivity index (χ4n) is 6.32. The second kappa shape index (κ2) is 14.3. The standard InChI is InChI=1S/C31H46Br2/c1-3-5-7-9-11-12-14-16-22-31(21-15-13-10-8-6-4-2)29-23-25(32)17-19-27(29)28-20-18-26(33)24-30(28)31/h14,16-20,23,26-27,29H,3-13,15,21-22,24H2,1-2H3/b16-14-. The van der Waals surface area contributed by atoms with Gasteiger partial charge in [0.2, 0.25) is 0 Å². The molecule has 0 aromatic rings. The molecule has 4 atom stereocenters. The van der Waals surface area contributed by atoms with Gasteiger partial charge in [-0.15, -0.1) is 0 Å². The predicted octanol–water partition coefficient (Wildman–Crippen LogP) is 11.1. The molecule has 0 aliphatic heterocycles. The monoisotopic (exact) mass is 576 g/mol. The third-order valence-corrected chi connectivity index (χ3v) is 9.28. The number of hydrogen-bond acceptors (Lipinski definition) is 0. The van der Waals surface area contributed by atoms with Gasteiger partial charge in [-0.3, -0.25) is 0 Å². The number of allylic oxidation sites excluding steroid dienone is 10. The maximum absolute atomic E-state index is 3.94. The molecule has 3 rings (SSSR count). The van der Waals surface area contributed by atoms with Gasteiger partial charge in [-0.05, 0) is 43.6 Å². The van der Waals surface area contributed by atoms with E-state index >= 15 is 0 Å². The summed E-state index contributed by atoms with van der Waals surface area (Å²) in [5, 5.41) is 0. The molecule has 33 heavy (non-hydrogen) atoms. The lowest BCUT2D eigenvalue weighted by molar-refractivity contribution is 0.222. The Labute approximate surface area is 221 Å². The molecular formula is C31H46Br2. The molecule has 4 unspecified atom stereocenters. The Morgan fingerprint density at radius 1 is 0.879 bits per heavy atom. The van der Waals surface area contributed by atoms with Crippen molar-refractivity contribution in [2.45, 2.75) is 115 Å². The number of halogens is 2. The first-order chi connectivity index (χ1) is 16.1. The maximum Gasteiger partial charge on any atom is 0.0366 e. The maximum atomic E-state index is 3.94. The molecule has 3 aliphatic carbocycles. The molecule has 0 aromatic heterocycles. The quantitative estimate of drug-likeness (QED) is 0.103. The summed E-state index contributed by atoms with van der Waals surface area (Å²) in [4.78, 5) is 0.485. The van der Waals surface area contributed by atoms with Crippen LogP contribution >= 0.6 is 31.9 Å². The molecule has 3 aliphatic rings. The summed E-state index contributed by atoms with van der Waals surface area (Å²) in [5.41, 5.74) is 3.66. The highest BCUT2D eigenvalue weighted by Gasteiger charge is 2.51. The topological polar surface area (TPSA) is 0 Å². The minimum Gasteiger partial charge on any atom is -0.0885 e. The second-order valence-corrected chi connectivity index (χ2v) is 12.6. The van der Waals surface area contributed by atoms with Gasteiger partial charge in [0.15, 0.2) is 0 Å². The summed E-state index contributed by atoms with van der Waals surface area (Å²) >= 11 is 7.77. The average Bonchev–Trinajstić information content (AvgIpc) is 3.06. The minimum absolute atomic E-state index is 0.282. The Hall–Kier alpha value is -0.340. The minimum atomic E-state index is 0.282. The Balaban J connectivity index is 1.75. The van der Waals surface area contributed by atoms with Crippen LogP contribution in [-0.2, 0) is 0 Å². The van der Waals surface area contributed by atoms with E-state index in [4.69, 9.17) is 0 Å². The average molecular weight is 579 g/mol. The molecule has 0 aromatic carbocycles. The van der Waals surface area contributed by atoms with Gasteiger partial charge in [0.1, 0.15) is 0 Å². The van der Waals surface area contributed by atoms with Gasteiger partial charge < -0.3 is 0 Å². The van der Waals surface area contributed by atoms with Crippen LogP contribution in [0.4, 0.5) is 0 Å². The van der Waals surface area contributed by atoms with Crippen molar-refractivity contribution in [2.75, 3.05) is 0 Å². The van der Waals surface area contributed by atoms with Gasteiger partial charge in [-0.2, -0.15) is 0 Å². The van der Waals surface area contributed by atoms with Crippen LogP contribution in [0, 0.1) is 17.3 Å². The summed E-state index contributed by atoms with van der Waals surface area (Å²) < 4.78 is 1.27. The van der Waals surface area contributed by atoms with Crippen molar-refractivity contribution in [1.82, 2.24) is 0 Å². The zero-order valence-electron chi connectivity index (χ0n) is 21.1. The molecule has 184 valence electrons. The van der Waals surface area contributed by atoms with Gasteiger partial charge in [-0.25, -0.2) is 0 Å². The SMILES string of the molecule is CCCCCCC/C=C\CC1(CCCCCCCC)C2=C(C=CC(Br)C2)C2C=CC(Br)=CC21. The van der Waals surface area contributed by atoms with Gasteiger partial charge in [-0.1, -0.05) is 158 Å². The smallest absolute Gasteiger partial charge is 0.0366 e. The van der Waals surface area contributed by atoms with E-state index in [9.17, 15) is 0 Å². The van der Waals surface area contributed by atoms with E-state index in [0.717, 1.165) is 0 Å². The number of alkyl halides is 1. The predicted molar refractivity (Wildman–Crippen MR) is 154 cm³/mol. The summed E-state index contributed by atoms with van der Waals surface area (Å²) in [6.45, 7) is 4.61. The van der Waals surface area contributed by atoms with Crippen LogP contribution < -0.4 is 0 Å². The number of fused-ring (bicyclic) bond motifs is 2. The number of unbranched alkanes of at least 4 members (excludes halogenated alkanes) is 10. The van der Waals surface area contributed by atoms with Crippen LogP contribution in [0.15, 0.2) is 58.2 Å². The molecule has 0 saturated carbocycles. The first kappa shape index (κ1) is 27.3. The largest absolute Gasteiger partial charge is 0.0885 e. The van der Waals surface area contributed by atoms with Crippen LogP contribution in [0.5, 0.6) is 0 Å². The molecule has 0 heterocycles. The lowest BCUT2D eigenvalue weighted by Gasteiger charge is -2.40. The highest BCUT2D eigenvalue weighted by molar-refractivity contribution is 9.11. The van der Waals surface area contributed by atoms with Crippen LogP contribution in [0.25, 0.3) is 0 Å².